The first-order chi connectivity index (χ1) is 13.8. The van der Waals surface area contributed by atoms with Crippen molar-refractivity contribution in [3.63, 3.8) is 0 Å². The molecule has 0 saturated heterocycles. The van der Waals surface area contributed by atoms with Crippen LogP contribution in [0.15, 0.2) is 18.7 Å². The zero-order valence-corrected chi connectivity index (χ0v) is 19.6. The largest absolute Gasteiger partial charge is 0.243 e. The zero-order valence-electron chi connectivity index (χ0n) is 19.6. The van der Waals surface area contributed by atoms with Gasteiger partial charge in [-0.15, -0.1) is 0 Å². The SMILES string of the molecule is CCCCCCCCCCCCCCCCCC(C)[n+]1ccn(CCCC)c1. The summed E-state index contributed by atoms with van der Waals surface area (Å²) in [6.45, 7) is 8.09. The first kappa shape index (κ1) is 25.2. The van der Waals surface area contributed by atoms with Gasteiger partial charge in [0.2, 0.25) is 6.33 Å². The van der Waals surface area contributed by atoms with Crippen LogP contribution in [-0.4, -0.2) is 4.57 Å². The molecule has 2 heteroatoms. The third kappa shape index (κ3) is 13.4. The summed E-state index contributed by atoms with van der Waals surface area (Å²) in [6, 6.07) is 0.643. The van der Waals surface area contributed by atoms with Gasteiger partial charge >= 0.3 is 0 Å². The molecule has 0 amide bonds. The Morgan fingerprint density at radius 1 is 0.643 bits per heavy atom. The molecule has 0 bridgehead atoms. The van der Waals surface area contributed by atoms with Crippen LogP contribution in [0.25, 0.3) is 0 Å². The number of hydrogen-bond donors (Lipinski definition) is 0. The molecule has 164 valence electrons. The average molecular weight is 392 g/mol. The highest BCUT2D eigenvalue weighted by Gasteiger charge is 2.11. The van der Waals surface area contributed by atoms with Crippen molar-refractivity contribution in [2.24, 2.45) is 0 Å². The highest BCUT2D eigenvalue weighted by molar-refractivity contribution is 4.67. The molecule has 1 heterocycles. The van der Waals surface area contributed by atoms with Crippen LogP contribution in [0, 0.1) is 0 Å². The Hall–Kier alpha value is -0.790. The van der Waals surface area contributed by atoms with Crippen molar-refractivity contribution in [3.8, 4) is 0 Å². The van der Waals surface area contributed by atoms with Gasteiger partial charge in [0, 0.05) is 0 Å². The van der Waals surface area contributed by atoms with Crippen molar-refractivity contribution in [2.45, 2.75) is 149 Å². The Morgan fingerprint density at radius 2 is 1.11 bits per heavy atom. The molecule has 28 heavy (non-hydrogen) atoms. The molecule has 0 aliphatic carbocycles. The van der Waals surface area contributed by atoms with Gasteiger partial charge in [-0.05, 0) is 26.2 Å². The Labute approximate surface area is 177 Å². The predicted molar refractivity (Wildman–Crippen MR) is 124 cm³/mol. The maximum Gasteiger partial charge on any atom is 0.243 e. The summed E-state index contributed by atoms with van der Waals surface area (Å²) in [7, 11) is 0. The van der Waals surface area contributed by atoms with E-state index in [9.17, 15) is 0 Å². The monoisotopic (exact) mass is 391 g/mol. The van der Waals surface area contributed by atoms with Gasteiger partial charge in [-0.3, -0.25) is 0 Å². The number of hydrogen-bond acceptors (Lipinski definition) is 0. The number of aromatic nitrogens is 2. The summed E-state index contributed by atoms with van der Waals surface area (Å²) < 4.78 is 4.74. The van der Waals surface area contributed by atoms with E-state index >= 15 is 0 Å². The van der Waals surface area contributed by atoms with Crippen molar-refractivity contribution in [2.75, 3.05) is 0 Å². The molecular formula is C26H51N2+. The van der Waals surface area contributed by atoms with Gasteiger partial charge in [0.15, 0.2) is 0 Å². The van der Waals surface area contributed by atoms with E-state index in [-0.39, 0.29) is 0 Å². The molecule has 1 unspecified atom stereocenters. The summed E-state index contributed by atoms with van der Waals surface area (Å²) >= 11 is 0. The lowest BCUT2D eigenvalue weighted by Crippen LogP contribution is -2.35. The summed E-state index contributed by atoms with van der Waals surface area (Å²) in [5.41, 5.74) is 0. The lowest BCUT2D eigenvalue weighted by molar-refractivity contribution is -0.720. The van der Waals surface area contributed by atoms with Crippen LogP contribution < -0.4 is 4.57 Å². The van der Waals surface area contributed by atoms with Crippen molar-refractivity contribution in [3.05, 3.63) is 18.7 Å². The minimum atomic E-state index is 0.643. The summed E-state index contributed by atoms with van der Waals surface area (Å²) in [6.07, 6.45) is 32.4. The number of nitrogens with zero attached hydrogens (tertiary/aromatic N) is 2. The van der Waals surface area contributed by atoms with Gasteiger partial charge < -0.3 is 0 Å². The average Bonchev–Trinajstić information content (AvgIpc) is 3.18. The first-order valence-electron chi connectivity index (χ1n) is 12.8. The Morgan fingerprint density at radius 3 is 1.61 bits per heavy atom. The molecule has 0 spiro atoms. The summed E-state index contributed by atoms with van der Waals surface area (Å²) in [4.78, 5) is 0. The topological polar surface area (TPSA) is 8.81 Å². The third-order valence-corrected chi connectivity index (χ3v) is 6.22. The third-order valence-electron chi connectivity index (χ3n) is 6.22. The standard InChI is InChI=1S/C26H51N2/c1-4-6-8-9-10-11-12-13-14-15-16-17-18-19-20-21-26(3)28-24-23-27(25-28)22-7-5-2/h23-26H,4-22H2,1-3H3/q+1. The zero-order chi connectivity index (χ0) is 20.3. The lowest BCUT2D eigenvalue weighted by atomic mass is 10.0. The maximum atomic E-state index is 2.40. The molecule has 1 aromatic heterocycles. The van der Waals surface area contributed by atoms with E-state index in [1.165, 1.54) is 116 Å². The van der Waals surface area contributed by atoms with Crippen molar-refractivity contribution >= 4 is 0 Å². The second-order valence-corrected chi connectivity index (χ2v) is 9.04. The van der Waals surface area contributed by atoms with Gasteiger partial charge in [0.1, 0.15) is 12.4 Å². The van der Waals surface area contributed by atoms with E-state index in [2.05, 4.69) is 48.6 Å². The minimum Gasteiger partial charge on any atom is -0.237 e. The van der Waals surface area contributed by atoms with E-state index < -0.39 is 0 Å². The summed E-state index contributed by atoms with van der Waals surface area (Å²) in [5, 5.41) is 0. The van der Waals surface area contributed by atoms with Gasteiger partial charge in [0.25, 0.3) is 0 Å². The molecular weight excluding hydrogens is 340 g/mol. The van der Waals surface area contributed by atoms with Gasteiger partial charge in [-0.2, -0.15) is 0 Å². The van der Waals surface area contributed by atoms with Gasteiger partial charge in [-0.25, -0.2) is 9.13 Å². The van der Waals surface area contributed by atoms with E-state index in [1.807, 2.05) is 0 Å². The number of aryl methyl sites for hydroxylation is 1. The lowest BCUT2D eigenvalue weighted by Gasteiger charge is -2.08. The second kappa shape index (κ2) is 18.3. The highest BCUT2D eigenvalue weighted by atomic mass is 15.1. The molecule has 1 atom stereocenters. The summed E-state index contributed by atoms with van der Waals surface area (Å²) in [5.74, 6) is 0. The second-order valence-electron chi connectivity index (χ2n) is 9.04. The molecule has 0 fully saturated rings. The van der Waals surface area contributed by atoms with E-state index in [4.69, 9.17) is 0 Å². The predicted octanol–water partition coefficient (Wildman–Crippen LogP) is 8.40. The van der Waals surface area contributed by atoms with E-state index in [0.717, 1.165) is 6.54 Å². The van der Waals surface area contributed by atoms with Gasteiger partial charge in [0.05, 0.1) is 12.6 Å². The van der Waals surface area contributed by atoms with Crippen LogP contribution >= 0.6 is 0 Å². The first-order valence-corrected chi connectivity index (χ1v) is 12.8. The van der Waals surface area contributed by atoms with Crippen molar-refractivity contribution < 1.29 is 4.57 Å². The quantitative estimate of drug-likeness (QED) is 0.156. The Kier molecular flexibility index (Phi) is 16.5. The van der Waals surface area contributed by atoms with E-state index in [1.54, 1.807) is 0 Å². The van der Waals surface area contributed by atoms with Crippen LogP contribution in [0.2, 0.25) is 0 Å². The van der Waals surface area contributed by atoms with Gasteiger partial charge in [-0.1, -0.05) is 110 Å². The van der Waals surface area contributed by atoms with E-state index in [0.29, 0.717) is 6.04 Å². The molecule has 1 aromatic rings. The number of unbranched alkanes of at least 4 members (excludes halogenated alkanes) is 15. The normalized spacial score (nSPS) is 12.5. The Bertz CT molecular complexity index is 437. The van der Waals surface area contributed by atoms with Crippen molar-refractivity contribution in [1.82, 2.24) is 4.57 Å². The molecule has 0 aliphatic heterocycles. The van der Waals surface area contributed by atoms with Crippen LogP contribution in [0.4, 0.5) is 0 Å². The molecule has 0 saturated carbocycles. The molecule has 0 N–H and O–H groups in total. The smallest absolute Gasteiger partial charge is 0.237 e. The Balaban J connectivity index is 1.85. The molecule has 2 nitrogen and oxygen atoms in total. The van der Waals surface area contributed by atoms with Crippen LogP contribution in [0.1, 0.15) is 142 Å². The number of rotatable bonds is 20. The fourth-order valence-electron chi connectivity index (χ4n) is 4.10. The molecule has 0 aliphatic rings. The highest BCUT2D eigenvalue weighted by Crippen LogP contribution is 2.15. The van der Waals surface area contributed by atoms with Crippen LogP contribution in [0.3, 0.4) is 0 Å². The maximum absolute atomic E-state index is 2.40. The number of imidazole rings is 1. The fraction of sp³-hybridized carbons (Fsp3) is 0.885. The van der Waals surface area contributed by atoms with Crippen LogP contribution in [0.5, 0.6) is 0 Å². The molecule has 0 aromatic carbocycles. The molecule has 0 radical (unpaired) electrons. The molecule has 1 rings (SSSR count). The van der Waals surface area contributed by atoms with Crippen LogP contribution in [-0.2, 0) is 6.54 Å². The fourth-order valence-corrected chi connectivity index (χ4v) is 4.10. The van der Waals surface area contributed by atoms with Crippen molar-refractivity contribution in [1.29, 1.82) is 0 Å². The minimum absolute atomic E-state index is 0.643.